The molecule has 15 heteroatoms. The van der Waals surface area contributed by atoms with E-state index in [1.165, 1.54) is 9.42 Å². The van der Waals surface area contributed by atoms with Gasteiger partial charge in [-0.25, -0.2) is 9.59 Å². The summed E-state index contributed by atoms with van der Waals surface area (Å²) in [7, 11) is 0. The summed E-state index contributed by atoms with van der Waals surface area (Å²) in [5, 5.41) is 7.69. The van der Waals surface area contributed by atoms with Crippen LogP contribution in [0.25, 0.3) is 5.65 Å². The number of nitrogens with one attached hydrogen (secondary N) is 1. The first-order valence-electron chi connectivity index (χ1n) is 13.9. The summed E-state index contributed by atoms with van der Waals surface area (Å²) in [4.78, 5) is 36.9. The minimum absolute atomic E-state index is 0.0303. The van der Waals surface area contributed by atoms with Crippen molar-refractivity contribution in [3.05, 3.63) is 11.8 Å². The fourth-order valence-electron chi connectivity index (χ4n) is 5.55. The van der Waals surface area contributed by atoms with Crippen molar-refractivity contribution in [2.24, 2.45) is 0 Å². The third-order valence-electron chi connectivity index (χ3n) is 7.41. The molecule has 226 valence electrons. The predicted molar refractivity (Wildman–Crippen MR) is 140 cm³/mol. The molecule has 2 aromatic heterocycles. The second-order valence-electron chi connectivity index (χ2n) is 12.2. The van der Waals surface area contributed by atoms with Gasteiger partial charge >= 0.3 is 24.4 Å². The number of rotatable bonds is 6. The number of carbonyl (C=O) groups is 2. The number of aromatic nitrogens is 4. The van der Waals surface area contributed by atoms with E-state index in [-0.39, 0.29) is 42.1 Å². The number of alkyl halides is 3. The number of carbonyl (C=O) groups excluding carboxylic acids is 2. The molecule has 0 saturated carbocycles. The van der Waals surface area contributed by atoms with Crippen LogP contribution in [0.3, 0.4) is 0 Å². The topological polar surface area (TPSA) is 123 Å². The van der Waals surface area contributed by atoms with Crippen LogP contribution in [0.1, 0.15) is 71.8 Å². The number of likely N-dealkylation sites (tertiary alicyclic amines) is 1. The third-order valence-corrected chi connectivity index (χ3v) is 7.41. The standard InChI is InChI=1S/C26H36F3N7O5/c1-14(2)19-10-30-36-20(19)32-22(39-13-26(27,28)29)33-21(36)31-15-8-16-6-7-17(9-15)35(16)24(38)40-18-11-34(12-18)23(37)41-25(3,4)5/h10,14-18H,6-9,11-13H2,1-5H3,(H,31,32,33). The van der Waals surface area contributed by atoms with Gasteiger partial charge in [-0.3, -0.25) is 0 Å². The smallest absolute Gasteiger partial charge is 0.422 e. The molecule has 3 saturated heterocycles. The Kier molecular flexibility index (Phi) is 7.57. The van der Waals surface area contributed by atoms with Crippen molar-refractivity contribution in [2.45, 2.75) is 102 Å². The number of halogens is 3. The van der Waals surface area contributed by atoms with E-state index in [4.69, 9.17) is 14.2 Å². The number of piperidine rings is 1. The fraction of sp³-hybridized carbons (Fsp3) is 0.731. The van der Waals surface area contributed by atoms with Gasteiger partial charge in [0, 0.05) is 23.7 Å². The van der Waals surface area contributed by atoms with Crippen molar-refractivity contribution in [3.8, 4) is 6.01 Å². The van der Waals surface area contributed by atoms with Crippen molar-refractivity contribution >= 4 is 23.8 Å². The van der Waals surface area contributed by atoms with E-state index in [0.29, 0.717) is 31.6 Å². The molecule has 2 bridgehead atoms. The summed E-state index contributed by atoms with van der Waals surface area (Å²) in [5.41, 5.74) is 0.533. The molecule has 3 aliphatic rings. The Hall–Kier alpha value is -3.52. The molecule has 3 aliphatic heterocycles. The lowest BCUT2D eigenvalue weighted by Crippen LogP contribution is -2.58. The van der Waals surface area contributed by atoms with Crippen molar-refractivity contribution in [1.82, 2.24) is 29.4 Å². The molecular formula is C26H36F3N7O5. The number of fused-ring (bicyclic) bond motifs is 3. The molecule has 0 spiro atoms. The van der Waals surface area contributed by atoms with Gasteiger partial charge in [0.25, 0.3) is 0 Å². The monoisotopic (exact) mass is 583 g/mol. The molecule has 1 N–H and O–H groups in total. The van der Waals surface area contributed by atoms with Gasteiger partial charge in [-0.05, 0) is 52.4 Å². The molecule has 2 atom stereocenters. The molecule has 0 aromatic carbocycles. The zero-order valence-electron chi connectivity index (χ0n) is 23.8. The summed E-state index contributed by atoms with van der Waals surface area (Å²) in [6.45, 7) is 8.33. The van der Waals surface area contributed by atoms with Crippen LogP contribution in [0.15, 0.2) is 6.20 Å². The van der Waals surface area contributed by atoms with Crippen LogP contribution in [-0.2, 0) is 9.47 Å². The van der Waals surface area contributed by atoms with Crippen LogP contribution >= 0.6 is 0 Å². The van der Waals surface area contributed by atoms with Gasteiger partial charge in [-0.2, -0.15) is 32.8 Å². The Bertz CT molecular complexity index is 1270. The van der Waals surface area contributed by atoms with E-state index >= 15 is 0 Å². The molecule has 5 rings (SSSR count). The van der Waals surface area contributed by atoms with Crippen LogP contribution in [0.4, 0.5) is 28.7 Å². The average Bonchev–Trinajstić information content (AvgIpc) is 3.37. The lowest BCUT2D eigenvalue weighted by atomic mass is 9.98. The van der Waals surface area contributed by atoms with E-state index in [1.807, 2.05) is 13.8 Å². The van der Waals surface area contributed by atoms with Crippen LogP contribution in [-0.4, -0.2) is 97.3 Å². The minimum Gasteiger partial charge on any atom is -0.454 e. The van der Waals surface area contributed by atoms with Crippen LogP contribution < -0.4 is 10.1 Å². The fourth-order valence-corrected chi connectivity index (χ4v) is 5.55. The second kappa shape index (κ2) is 10.7. The first-order chi connectivity index (χ1) is 19.2. The molecule has 0 aliphatic carbocycles. The molecule has 2 amide bonds. The van der Waals surface area contributed by atoms with E-state index in [0.717, 1.165) is 18.4 Å². The Morgan fingerprint density at radius 3 is 2.32 bits per heavy atom. The van der Waals surface area contributed by atoms with Gasteiger partial charge in [-0.1, -0.05) is 13.8 Å². The maximum Gasteiger partial charge on any atom is 0.422 e. The van der Waals surface area contributed by atoms with Gasteiger partial charge in [0.05, 0.1) is 19.3 Å². The molecule has 0 radical (unpaired) electrons. The molecular weight excluding hydrogens is 547 g/mol. The Morgan fingerprint density at radius 1 is 1.07 bits per heavy atom. The summed E-state index contributed by atoms with van der Waals surface area (Å²) in [6, 6.07) is -0.626. The predicted octanol–water partition coefficient (Wildman–Crippen LogP) is 4.35. The maximum atomic E-state index is 13.1. The maximum absolute atomic E-state index is 13.1. The highest BCUT2D eigenvalue weighted by molar-refractivity contribution is 5.71. The normalized spacial score (nSPS) is 23.1. The van der Waals surface area contributed by atoms with Crippen molar-refractivity contribution in [2.75, 3.05) is 25.0 Å². The number of hydrogen-bond acceptors (Lipinski definition) is 9. The highest BCUT2D eigenvalue weighted by atomic mass is 19.4. The van der Waals surface area contributed by atoms with Gasteiger partial charge in [0.15, 0.2) is 12.3 Å². The average molecular weight is 584 g/mol. The van der Waals surface area contributed by atoms with Gasteiger partial charge < -0.3 is 29.3 Å². The lowest BCUT2D eigenvalue weighted by Gasteiger charge is -2.42. The van der Waals surface area contributed by atoms with E-state index in [2.05, 4.69) is 20.4 Å². The quantitative estimate of drug-likeness (QED) is 0.529. The first kappa shape index (κ1) is 29.0. The van der Waals surface area contributed by atoms with Crippen molar-refractivity contribution in [3.63, 3.8) is 0 Å². The highest BCUT2D eigenvalue weighted by Crippen LogP contribution is 2.38. The number of amides is 2. The van der Waals surface area contributed by atoms with Crippen LogP contribution in [0.5, 0.6) is 6.01 Å². The lowest BCUT2D eigenvalue weighted by molar-refractivity contribution is -0.154. The Labute approximate surface area is 235 Å². The molecule has 2 aromatic rings. The number of ether oxygens (including phenoxy) is 3. The molecule has 41 heavy (non-hydrogen) atoms. The van der Waals surface area contributed by atoms with E-state index in [1.54, 1.807) is 31.9 Å². The van der Waals surface area contributed by atoms with E-state index < -0.39 is 30.6 Å². The van der Waals surface area contributed by atoms with Gasteiger partial charge in [0.2, 0.25) is 5.95 Å². The van der Waals surface area contributed by atoms with Gasteiger partial charge in [-0.15, -0.1) is 0 Å². The minimum atomic E-state index is -4.53. The SMILES string of the molecule is CC(C)c1cnn2c(NC3CC4CCC(C3)N4C(=O)OC3CN(C(=O)OC(C)(C)C)C3)nc(OCC(F)(F)F)nc12. The summed E-state index contributed by atoms with van der Waals surface area (Å²) >= 11 is 0. The van der Waals surface area contributed by atoms with Crippen LogP contribution in [0, 0.1) is 0 Å². The number of anilines is 1. The largest absolute Gasteiger partial charge is 0.454 e. The highest BCUT2D eigenvalue weighted by Gasteiger charge is 2.46. The van der Waals surface area contributed by atoms with Gasteiger partial charge in [0.1, 0.15) is 11.7 Å². The number of hydrogen-bond donors (Lipinski definition) is 1. The third kappa shape index (κ3) is 6.53. The summed E-state index contributed by atoms with van der Waals surface area (Å²) in [6.07, 6.45) is -1.30. The zero-order valence-corrected chi connectivity index (χ0v) is 23.8. The summed E-state index contributed by atoms with van der Waals surface area (Å²) in [5.74, 6) is 0.263. The Morgan fingerprint density at radius 2 is 1.73 bits per heavy atom. The van der Waals surface area contributed by atoms with Crippen LogP contribution in [0.2, 0.25) is 0 Å². The second-order valence-corrected chi connectivity index (χ2v) is 12.2. The molecule has 2 unspecified atom stereocenters. The molecule has 3 fully saturated rings. The summed E-state index contributed by atoms with van der Waals surface area (Å²) < 4.78 is 55.8. The first-order valence-corrected chi connectivity index (χ1v) is 13.9. The number of nitrogens with zero attached hydrogens (tertiary/aromatic N) is 6. The Balaban J connectivity index is 1.22. The van der Waals surface area contributed by atoms with Crippen molar-refractivity contribution in [1.29, 1.82) is 0 Å². The zero-order chi connectivity index (χ0) is 29.7. The van der Waals surface area contributed by atoms with E-state index in [9.17, 15) is 22.8 Å². The van der Waals surface area contributed by atoms with Crippen molar-refractivity contribution < 1.29 is 37.0 Å². The molecule has 5 heterocycles. The molecule has 12 nitrogen and oxygen atoms in total.